The van der Waals surface area contributed by atoms with Gasteiger partial charge in [0.15, 0.2) is 0 Å². The minimum absolute atomic E-state index is 0.182. The lowest BCUT2D eigenvalue weighted by atomic mass is 10.1. The number of fused-ring (bicyclic) bond motifs is 1. The van der Waals surface area contributed by atoms with E-state index in [0.717, 1.165) is 32.0 Å². The second-order valence-electron chi connectivity index (χ2n) is 5.31. The second kappa shape index (κ2) is 6.16. The number of aliphatic carboxylic acids is 1. The van der Waals surface area contributed by atoms with Crippen molar-refractivity contribution in [1.29, 1.82) is 0 Å². The van der Waals surface area contributed by atoms with E-state index in [-0.39, 0.29) is 6.04 Å². The van der Waals surface area contributed by atoms with Crippen LogP contribution in [-0.4, -0.2) is 50.7 Å². The van der Waals surface area contributed by atoms with Gasteiger partial charge in [0.1, 0.15) is 11.9 Å². The van der Waals surface area contributed by atoms with Crippen LogP contribution < -0.4 is 5.32 Å². The fourth-order valence-corrected chi connectivity index (χ4v) is 2.41. The van der Waals surface area contributed by atoms with Crippen molar-refractivity contribution in [2.24, 2.45) is 0 Å². The van der Waals surface area contributed by atoms with Crippen LogP contribution in [0.2, 0.25) is 0 Å². The molecule has 6 heteroatoms. The van der Waals surface area contributed by atoms with Gasteiger partial charge in [-0.25, -0.2) is 4.98 Å². The molecule has 0 amide bonds. The van der Waals surface area contributed by atoms with E-state index in [1.165, 1.54) is 0 Å². The van der Waals surface area contributed by atoms with Crippen molar-refractivity contribution in [1.82, 2.24) is 19.8 Å². The lowest BCUT2D eigenvalue weighted by Crippen LogP contribution is -2.44. The Bertz CT molecular complexity index is 430. The Hall–Kier alpha value is -1.40. The fourth-order valence-electron chi connectivity index (χ4n) is 2.41. The molecule has 0 aliphatic carbocycles. The molecule has 1 unspecified atom stereocenters. The van der Waals surface area contributed by atoms with Crippen LogP contribution in [0.15, 0.2) is 12.4 Å². The predicted molar refractivity (Wildman–Crippen MR) is 71.8 cm³/mol. The van der Waals surface area contributed by atoms with Crippen molar-refractivity contribution < 1.29 is 9.90 Å². The number of rotatable bonds is 6. The number of hydrogen-bond acceptors (Lipinski definition) is 4. The van der Waals surface area contributed by atoms with Crippen molar-refractivity contribution in [2.45, 2.75) is 45.4 Å². The Morgan fingerprint density at radius 3 is 3.00 bits per heavy atom. The van der Waals surface area contributed by atoms with Gasteiger partial charge in [-0.3, -0.25) is 9.69 Å². The Labute approximate surface area is 113 Å². The lowest BCUT2D eigenvalue weighted by Gasteiger charge is -2.28. The minimum Gasteiger partial charge on any atom is -0.480 e. The third kappa shape index (κ3) is 3.78. The molecular formula is C13H22N4O2. The highest BCUT2D eigenvalue weighted by atomic mass is 16.4. The number of nitrogens with zero attached hydrogens (tertiary/aromatic N) is 3. The summed E-state index contributed by atoms with van der Waals surface area (Å²) in [6.45, 7) is 7.41. The van der Waals surface area contributed by atoms with E-state index >= 15 is 0 Å². The molecule has 1 aromatic rings. The van der Waals surface area contributed by atoms with Crippen LogP contribution in [0.5, 0.6) is 0 Å². The van der Waals surface area contributed by atoms with E-state index in [4.69, 9.17) is 0 Å². The zero-order valence-corrected chi connectivity index (χ0v) is 11.5. The number of aromatic nitrogens is 2. The molecule has 0 bridgehead atoms. The molecule has 0 aromatic carbocycles. The van der Waals surface area contributed by atoms with Crippen LogP contribution in [0.25, 0.3) is 0 Å². The summed E-state index contributed by atoms with van der Waals surface area (Å²) in [6.07, 6.45) is 4.43. The summed E-state index contributed by atoms with van der Waals surface area (Å²) in [5.74, 6) is 0.294. The van der Waals surface area contributed by atoms with Crippen LogP contribution in [-0.2, 0) is 17.9 Å². The fraction of sp³-hybridized carbons (Fsp3) is 0.692. The van der Waals surface area contributed by atoms with E-state index in [1.807, 2.05) is 26.2 Å². The number of nitrogens with one attached hydrogen (secondary N) is 1. The minimum atomic E-state index is -0.771. The normalized spacial score (nSPS) is 17.4. The first-order chi connectivity index (χ1) is 9.06. The van der Waals surface area contributed by atoms with E-state index < -0.39 is 12.0 Å². The maximum absolute atomic E-state index is 11.2. The van der Waals surface area contributed by atoms with Crippen molar-refractivity contribution in [3.63, 3.8) is 0 Å². The smallest absolute Gasteiger partial charge is 0.320 e. The van der Waals surface area contributed by atoms with Gasteiger partial charge in [0, 0.05) is 38.1 Å². The zero-order chi connectivity index (χ0) is 13.8. The maximum atomic E-state index is 11.2. The zero-order valence-electron chi connectivity index (χ0n) is 11.5. The first kappa shape index (κ1) is 14.0. The van der Waals surface area contributed by atoms with Crippen molar-refractivity contribution in [2.75, 3.05) is 13.1 Å². The monoisotopic (exact) mass is 266 g/mol. The maximum Gasteiger partial charge on any atom is 0.320 e. The Kier molecular flexibility index (Phi) is 4.55. The molecule has 6 nitrogen and oxygen atoms in total. The average Bonchev–Trinajstić information content (AvgIpc) is 2.80. The molecule has 1 aliphatic heterocycles. The largest absolute Gasteiger partial charge is 0.480 e. The van der Waals surface area contributed by atoms with Crippen LogP contribution in [0.1, 0.15) is 26.1 Å². The molecule has 2 rings (SSSR count). The highest BCUT2D eigenvalue weighted by molar-refractivity contribution is 5.73. The summed E-state index contributed by atoms with van der Waals surface area (Å²) < 4.78 is 2.15. The lowest BCUT2D eigenvalue weighted by molar-refractivity contribution is -0.140. The van der Waals surface area contributed by atoms with Crippen molar-refractivity contribution >= 4 is 5.97 Å². The van der Waals surface area contributed by atoms with Gasteiger partial charge >= 0.3 is 5.97 Å². The number of carboxylic acid groups (broad SMARTS) is 1. The molecular weight excluding hydrogens is 244 g/mol. The van der Waals surface area contributed by atoms with Crippen LogP contribution in [0.4, 0.5) is 0 Å². The second-order valence-corrected chi connectivity index (χ2v) is 5.31. The molecule has 1 aromatic heterocycles. The first-order valence-corrected chi connectivity index (χ1v) is 6.77. The molecule has 0 saturated carbocycles. The molecule has 0 spiro atoms. The Morgan fingerprint density at radius 1 is 1.53 bits per heavy atom. The molecule has 0 radical (unpaired) electrons. The summed E-state index contributed by atoms with van der Waals surface area (Å²) >= 11 is 0. The molecule has 0 saturated heterocycles. The van der Waals surface area contributed by atoms with E-state index in [2.05, 4.69) is 19.8 Å². The Morgan fingerprint density at radius 2 is 2.32 bits per heavy atom. The summed E-state index contributed by atoms with van der Waals surface area (Å²) in [7, 11) is 0. The third-order valence-corrected chi connectivity index (χ3v) is 3.39. The van der Waals surface area contributed by atoms with E-state index in [9.17, 15) is 9.90 Å². The highest BCUT2D eigenvalue weighted by Crippen LogP contribution is 2.11. The van der Waals surface area contributed by atoms with Crippen LogP contribution >= 0.6 is 0 Å². The van der Waals surface area contributed by atoms with Gasteiger partial charge in [0.25, 0.3) is 0 Å². The first-order valence-electron chi connectivity index (χ1n) is 6.77. The highest BCUT2D eigenvalue weighted by Gasteiger charge is 2.21. The van der Waals surface area contributed by atoms with Gasteiger partial charge in [-0.1, -0.05) is 13.8 Å². The number of hydrogen-bond donors (Lipinski definition) is 2. The topological polar surface area (TPSA) is 70.4 Å². The number of carboxylic acids is 1. The van der Waals surface area contributed by atoms with Gasteiger partial charge in [0.2, 0.25) is 0 Å². The molecule has 19 heavy (non-hydrogen) atoms. The molecule has 1 aliphatic rings. The van der Waals surface area contributed by atoms with Crippen LogP contribution in [0.3, 0.4) is 0 Å². The van der Waals surface area contributed by atoms with Gasteiger partial charge in [0.05, 0.1) is 6.54 Å². The summed E-state index contributed by atoms with van der Waals surface area (Å²) in [5, 5.41) is 12.3. The molecule has 106 valence electrons. The average molecular weight is 266 g/mol. The van der Waals surface area contributed by atoms with Gasteiger partial charge in [-0.05, 0) is 6.42 Å². The van der Waals surface area contributed by atoms with Gasteiger partial charge in [-0.15, -0.1) is 0 Å². The van der Waals surface area contributed by atoms with E-state index in [1.54, 1.807) is 0 Å². The van der Waals surface area contributed by atoms with E-state index in [0.29, 0.717) is 6.42 Å². The Balaban J connectivity index is 1.83. The summed E-state index contributed by atoms with van der Waals surface area (Å²) in [6, 6.07) is -0.289. The standard InChI is InChI=1S/C13H22N4O2/c1-10(2)15-11(13(18)19)3-5-16-7-8-17-6-4-14-12(17)9-16/h4,6,10-11,15H,3,5,7-9H2,1-2H3,(H,18,19). The van der Waals surface area contributed by atoms with Crippen molar-refractivity contribution in [3.8, 4) is 0 Å². The van der Waals surface area contributed by atoms with Gasteiger partial charge in [-0.2, -0.15) is 0 Å². The van der Waals surface area contributed by atoms with Gasteiger partial charge < -0.3 is 15.0 Å². The molecule has 0 fully saturated rings. The molecule has 2 heterocycles. The van der Waals surface area contributed by atoms with Crippen molar-refractivity contribution in [3.05, 3.63) is 18.2 Å². The molecule has 1 atom stereocenters. The van der Waals surface area contributed by atoms with Crippen LogP contribution in [0, 0.1) is 0 Å². The molecule has 2 N–H and O–H groups in total. The third-order valence-electron chi connectivity index (χ3n) is 3.39. The predicted octanol–water partition coefficient (Wildman–Crippen LogP) is 0.540. The quantitative estimate of drug-likeness (QED) is 0.786. The number of imidazole rings is 1. The summed E-state index contributed by atoms with van der Waals surface area (Å²) in [5.41, 5.74) is 0. The summed E-state index contributed by atoms with van der Waals surface area (Å²) in [4.78, 5) is 17.7. The SMILES string of the molecule is CC(C)NC(CCN1CCn2ccnc2C1)C(=O)O. The number of carbonyl (C=O) groups is 1.